The lowest BCUT2D eigenvalue weighted by Crippen LogP contribution is -2.45. The van der Waals surface area contributed by atoms with E-state index in [1.54, 1.807) is 35.4 Å². The van der Waals surface area contributed by atoms with Gasteiger partial charge in [0.05, 0.1) is 11.3 Å². The molecular formula is C17H15N3O3S. The summed E-state index contributed by atoms with van der Waals surface area (Å²) in [6.45, 7) is 1.94. The van der Waals surface area contributed by atoms with Crippen LogP contribution in [-0.2, 0) is 9.59 Å². The number of amides is 2. The summed E-state index contributed by atoms with van der Waals surface area (Å²) in [7, 11) is 0. The Morgan fingerprint density at radius 1 is 1.42 bits per heavy atom. The first-order chi connectivity index (χ1) is 11.6. The van der Waals surface area contributed by atoms with E-state index in [-0.39, 0.29) is 24.8 Å². The number of carbonyl (C=O) groups is 2. The van der Waals surface area contributed by atoms with E-state index in [1.165, 1.54) is 11.3 Å². The number of hydrogen-bond donors (Lipinski definition) is 1. The van der Waals surface area contributed by atoms with Crippen molar-refractivity contribution in [3.8, 4) is 11.8 Å². The highest BCUT2D eigenvalue weighted by atomic mass is 32.1. The van der Waals surface area contributed by atoms with Crippen LogP contribution >= 0.6 is 11.3 Å². The molecule has 0 aliphatic carbocycles. The fraction of sp³-hybridized carbons (Fsp3) is 0.235. The monoisotopic (exact) mass is 341 g/mol. The Morgan fingerprint density at radius 2 is 2.21 bits per heavy atom. The highest BCUT2D eigenvalue weighted by molar-refractivity contribution is 7.14. The molecule has 1 aromatic heterocycles. The Labute approximate surface area is 143 Å². The van der Waals surface area contributed by atoms with Gasteiger partial charge < -0.3 is 15.0 Å². The Bertz CT molecular complexity index is 824. The second-order valence-corrected chi connectivity index (χ2v) is 6.21. The van der Waals surface area contributed by atoms with Crippen molar-refractivity contribution >= 4 is 33.8 Å². The number of nitrogens with one attached hydrogen (secondary N) is 1. The van der Waals surface area contributed by atoms with Gasteiger partial charge in [0.2, 0.25) is 5.91 Å². The lowest BCUT2D eigenvalue weighted by Gasteiger charge is -2.32. The number of nitriles is 1. The molecule has 0 radical (unpaired) electrons. The summed E-state index contributed by atoms with van der Waals surface area (Å²) in [6.07, 6.45) is -0.444. The molecular weight excluding hydrogens is 326 g/mol. The molecule has 1 atom stereocenters. The summed E-state index contributed by atoms with van der Waals surface area (Å²) in [5, 5.41) is 14.0. The first-order valence-corrected chi connectivity index (χ1v) is 8.32. The van der Waals surface area contributed by atoms with E-state index in [4.69, 9.17) is 10.00 Å². The Balaban J connectivity index is 1.69. The van der Waals surface area contributed by atoms with Crippen LogP contribution < -0.4 is 15.0 Å². The number of carbonyl (C=O) groups excluding carboxylic acids is 2. The molecule has 1 aliphatic heterocycles. The fourth-order valence-corrected chi connectivity index (χ4v) is 3.24. The Hall–Kier alpha value is -2.85. The van der Waals surface area contributed by atoms with Gasteiger partial charge in [-0.05, 0) is 30.5 Å². The largest absolute Gasteiger partial charge is 0.479 e. The van der Waals surface area contributed by atoms with Crippen molar-refractivity contribution in [3.05, 3.63) is 41.3 Å². The lowest BCUT2D eigenvalue weighted by molar-refractivity contribution is -0.125. The Kier molecular flexibility index (Phi) is 4.49. The van der Waals surface area contributed by atoms with Gasteiger partial charge in [-0.1, -0.05) is 12.1 Å². The van der Waals surface area contributed by atoms with Gasteiger partial charge in [-0.2, -0.15) is 5.26 Å². The van der Waals surface area contributed by atoms with Crippen LogP contribution in [0.2, 0.25) is 0 Å². The Morgan fingerprint density at radius 3 is 3.00 bits per heavy atom. The normalized spacial score (nSPS) is 16.1. The molecule has 0 spiro atoms. The van der Waals surface area contributed by atoms with Gasteiger partial charge in [-0.15, -0.1) is 11.3 Å². The molecule has 122 valence electrons. The number of anilines is 2. The number of fused-ring (bicyclic) bond motifs is 1. The van der Waals surface area contributed by atoms with Gasteiger partial charge in [0.1, 0.15) is 16.8 Å². The predicted octanol–water partition coefficient (Wildman–Crippen LogP) is 2.76. The van der Waals surface area contributed by atoms with Gasteiger partial charge in [-0.25, -0.2) is 0 Å². The van der Waals surface area contributed by atoms with Crippen LogP contribution in [0, 0.1) is 11.3 Å². The molecule has 1 aromatic carbocycles. The first kappa shape index (κ1) is 16.0. The molecule has 2 heterocycles. The van der Waals surface area contributed by atoms with Crippen molar-refractivity contribution in [3.63, 3.8) is 0 Å². The summed E-state index contributed by atoms with van der Waals surface area (Å²) >= 11 is 1.30. The molecule has 7 heteroatoms. The van der Waals surface area contributed by atoms with Gasteiger partial charge in [-0.3, -0.25) is 9.59 Å². The van der Waals surface area contributed by atoms with Crippen LogP contribution in [0.15, 0.2) is 35.7 Å². The predicted molar refractivity (Wildman–Crippen MR) is 91.2 cm³/mol. The number of benzene rings is 1. The SMILES string of the molecule is C[C@@H]1Oc2ccccc2N(CCC(=O)Nc2sccc2C#N)C1=O. The van der Waals surface area contributed by atoms with Crippen molar-refractivity contribution in [2.75, 3.05) is 16.8 Å². The van der Waals surface area contributed by atoms with Gasteiger partial charge in [0.25, 0.3) is 5.91 Å². The number of para-hydroxylation sites is 2. The summed E-state index contributed by atoms with van der Waals surface area (Å²) in [5.41, 5.74) is 1.11. The number of rotatable bonds is 4. The molecule has 0 fully saturated rings. The number of hydrogen-bond acceptors (Lipinski definition) is 5. The molecule has 0 saturated heterocycles. The average molecular weight is 341 g/mol. The zero-order chi connectivity index (χ0) is 17.1. The van der Waals surface area contributed by atoms with Crippen molar-refractivity contribution in [2.45, 2.75) is 19.4 Å². The fourth-order valence-electron chi connectivity index (χ4n) is 2.49. The first-order valence-electron chi connectivity index (χ1n) is 7.44. The van der Waals surface area contributed by atoms with E-state index < -0.39 is 6.10 Å². The zero-order valence-electron chi connectivity index (χ0n) is 13.0. The third-order valence-electron chi connectivity index (χ3n) is 3.67. The van der Waals surface area contributed by atoms with Gasteiger partial charge >= 0.3 is 0 Å². The lowest BCUT2D eigenvalue weighted by atomic mass is 10.1. The van der Waals surface area contributed by atoms with E-state index in [9.17, 15) is 9.59 Å². The summed E-state index contributed by atoms with van der Waals surface area (Å²) < 4.78 is 5.57. The minimum absolute atomic E-state index is 0.134. The molecule has 6 nitrogen and oxygen atoms in total. The molecule has 2 amide bonds. The smallest absolute Gasteiger partial charge is 0.267 e. The second-order valence-electron chi connectivity index (χ2n) is 5.29. The molecule has 3 rings (SSSR count). The van der Waals surface area contributed by atoms with Crippen molar-refractivity contribution < 1.29 is 14.3 Å². The van der Waals surface area contributed by atoms with E-state index >= 15 is 0 Å². The van der Waals surface area contributed by atoms with Crippen LogP contribution in [0.5, 0.6) is 5.75 Å². The quantitative estimate of drug-likeness (QED) is 0.927. The van der Waals surface area contributed by atoms with Crippen molar-refractivity contribution in [1.29, 1.82) is 5.26 Å². The van der Waals surface area contributed by atoms with Gasteiger partial charge in [0.15, 0.2) is 6.10 Å². The van der Waals surface area contributed by atoms with Gasteiger partial charge in [0, 0.05) is 13.0 Å². The average Bonchev–Trinajstić information content (AvgIpc) is 3.02. The standard InChI is InChI=1S/C17H15N3O3S/c1-11-17(22)20(13-4-2-3-5-14(13)23-11)8-6-15(21)19-16-12(10-18)7-9-24-16/h2-5,7,9,11H,6,8H2,1H3,(H,19,21)/t11-/m0/s1. The molecule has 1 aliphatic rings. The zero-order valence-corrected chi connectivity index (χ0v) is 13.8. The number of thiophene rings is 1. The highest BCUT2D eigenvalue weighted by Gasteiger charge is 2.31. The number of ether oxygens (including phenoxy) is 1. The second kappa shape index (κ2) is 6.72. The maximum atomic E-state index is 12.3. The minimum atomic E-state index is -0.578. The van der Waals surface area contributed by atoms with Crippen LogP contribution in [-0.4, -0.2) is 24.5 Å². The molecule has 1 N–H and O–H groups in total. The van der Waals surface area contributed by atoms with Crippen LogP contribution in [0.4, 0.5) is 10.7 Å². The molecule has 24 heavy (non-hydrogen) atoms. The van der Waals surface area contributed by atoms with Crippen molar-refractivity contribution in [1.82, 2.24) is 0 Å². The summed E-state index contributed by atoms with van der Waals surface area (Å²) in [6, 6.07) is 10.9. The topological polar surface area (TPSA) is 82.4 Å². The summed E-state index contributed by atoms with van der Waals surface area (Å²) in [4.78, 5) is 26.1. The van der Waals surface area contributed by atoms with Crippen LogP contribution in [0.1, 0.15) is 18.9 Å². The van der Waals surface area contributed by atoms with E-state index in [1.807, 2.05) is 18.2 Å². The molecule has 0 bridgehead atoms. The van der Waals surface area contributed by atoms with Crippen LogP contribution in [0.25, 0.3) is 0 Å². The molecule has 2 aromatic rings. The third-order valence-corrected chi connectivity index (χ3v) is 4.50. The van der Waals surface area contributed by atoms with E-state index in [0.29, 0.717) is 22.0 Å². The van der Waals surface area contributed by atoms with E-state index in [0.717, 1.165) is 0 Å². The maximum Gasteiger partial charge on any atom is 0.267 e. The molecule has 0 saturated carbocycles. The number of nitrogens with zero attached hydrogens (tertiary/aromatic N) is 2. The third kappa shape index (κ3) is 3.09. The van der Waals surface area contributed by atoms with E-state index in [2.05, 4.69) is 5.32 Å². The summed E-state index contributed by atoms with van der Waals surface area (Å²) in [5.74, 6) is 0.226. The molecule has 0 unspecified atom stereocenters. The highest BCUT2D eigenvalue weighted by Crippen LogP contribution is 2.33. The van der Waals surface area contributed by atoms with Crippen LogP contribution in [0.3, 0.4) is 0 Å². The minimum Gasteiger partial charge on any atom is -0.479 e. The van der Waals surface area contributed by atoms with Crippen molar-refractivity contribution in [2.24, 2.45) is 0 Å². The maximum absolute atomic E-state index is 12.3.